The molecule has 2 aliphatic rings. The van der Waals surface area contributed by atoms with Gasteiger partial charge >= 0.3 is 0 Å². The van der Waals surface area contributed by atoms with E-state index in [1.54, 1.807) is 11.6 Å². The quantitative estimate of drug-likeness (QED) is 0.418. The highest BCUT2D eigenvalue weighted by Crippen LogP contribution is 2.43. The highest BCUT2D eigenvalue weighted by Gasteiger charge is 2.28. The van der Waals surface area contributed by atoms with Gasteiger partial charge in [0.1, 0.15) is 18.1 Å². The van der Waals surface area contributed by atoms with E-state index in [0.717, 1.165) is 79.1 Å². The molecule has 0 amide bonds. The van der Waals surface area contributed by atoms with Gasteiger partial charge in [-0.2, -0.15) is 0 Å². The minimum Gasteiger partial charge on any atom is -0.493 e. The topological polar surface area (TPSA) is 119 Å². The van der Waals surface area contributed by atoms with E-state index in [4.69, 9.17) is 19.4 Å². The third-order valence-electron chi connectivity index (χ3n) is 7.23. The second kappa shape index (κ2) is 13.2. The highest BCUT2D eigenvalue weighted by molar-refractivity contribution is 5.74. The van der Waals surface area contributed by atoms with Crippen LogP contribution in [0.4, 0.5) is 5.82 Å². The van der Waals surface area contributed by atoms with Crippen LogP contribution in [0.25, 0.3) is 11.4 Å². The number of aromatic nitrogens is 3. The number of benzene rings is 2. The van der Waals surface area contributed by atoms with Crippen LogP contribution in [-0.4, -0.2) is 63.5 Å². The second-order valence-corrected chi connectivity index (χ2v) is 9.66. The number of likely N-dealkylation sites (tertiary alicyclic amines) is 1. The summed E-state index contributed by atoms with van der Waals surface area (Å²) in [5.74, 6) is 2.41. The number of likely N-dealkylation sites (N-methyl/N-ethyl adjacent to an activating group) is 1. The molecule has 2 aromatic carbocycles. The van der Waals surface area contributed by atoms with Gasteiger partial charge in [-0.05, 0) is 49.5 Å². The summed E-state index contributed by atoms with van der Waals surface area (Å²) in [5, 5.41) is 19.2. The summed E-state index contributed by atoms with van der Waals surface area (Å²) in [6.45, 7) is 8.06. The summed E-state index contributed by atoms with van der Waals surface area (Å²) in [4.78, 5) is 24.2. The number of anilines is 1. The van der Waals surface area contributed by atoms with Crippen molar-refractivity contribution in [2.24, 2.45) is 7.05 Å². The first-order valence-electron chi connectivity index (χ1n) is 13.5. The Labute approximate surface area is 228 Å². The summed E-state index contributed by atoms with van der Waals surface area (Å²) in [6.07, 6.45) is 3.63. The molecule has 3 heterocycles. The number of nitrogens with one attached hydrogen (secondary N) is 1. The molecular weight excluding hydrogens is 498 g/mol. The number of hydrogen-bond acceptors (Lipinski definition) is 8. The third-order valence-corrected chi connectivity index (χ3v) is 7.23. The maximum atomic E-state index is 13.4. The molecule has 0 aliphatic carbocycles. The minimum atomic E-state index is -0.250. The van der Waals surface area contributed by atoms with E-state index in [1.165, 1.54) is 0 Å². The lowest BCUT2D eigenvalue weighted by atomic mass is 9.97. The van der Waals surface area contributed by atoms with Gasteiger partial charge in [-0.1, -0.05) is 44.2 Å². The Balaban J connectivity index is 0.00000112. The molecule has 1 fully saturated rings. The van der Waals surface area contributed by atoms with Crippen molar-refractivity contribution in [3.8, 4) is 22.9 Å². The van der Waals surface area contributed by atoms with Gasteiger partial charge in [0.2, 0.25) is 5.82 Å². The number of carbonyl (C=O) groups is 1. The Kier molecular flexibility index (Phi) is 9.54. The molecule has 0 radical (unpaired) electrons. The zero-order valence-corrected chi connectivity index (χ0v) is 22.9. The molecule has 2 aliphatic heterocycles. The molecule has 0 saturated carbocycles. The van der Waals surface area contributed by atoms with Gasteiger partial charge in [-0.3, -0.25) is 14.2 Å². The summed E-state index contributed by atoms with van der Waals surface area (Å²) >= 11 is 0. The highest BCUT2D eigenvalue weighted by atomic mass is 16.5. The van der Waals surface area contributed by atoms with Gasteiger partial charge < -0.3 is 24.8 Å². The molecule has 0 unspecified atom stereocenters. The van der Waals surface area contributed by atoms with E-state index in [0.29, 0.717) is 24.9 Å². The molecule has 1 atom stereocenters. The Morgan fingerprint density at radius 2 is 2.00 bits per heavy atom. The zero-order chi connectivity index (χ0) is 27.8. The molecule has 0 bridgehead atoms. The normalized spacial score (nSPS) is 16.4. The summed E-state index contributed by atoms with van der Waals surface area (Å²) < 4.78 is 13.9. The lowest BCUT2D eigenvalue weighted by Crippen LogP contribution is -2.43. The maximum absolute atomic E-state index is 13.4. The molecule has 39 heavy (non-hydrogen) atoms. The van der Waals surface area contributed by atoms with Crippen molar-refractivity contribution in [1.82, 2.24) is 19.7 Å². The number of carboxylic acid groups (broad SMARTS) is 1. The van der Waals surface area contributed by atoms with E-state index < -0.39 is 0 Å². The number of rotatable bonds is 8. The third kappa shape index (κ3) is 6.39. The maximum Gasteiger partial charge on any atom is 0.296 e. The van der Waals surface area contributed by atoms with E-state index >= 15 is 0 Å². The van der Waals surface area contributed by atoms with Crippen molar-refractivity contribution in [2.45, 2.75) is 52.2 Å². The van der Waals surface area contributed by atoms with E-state index in [9.17, 15) is 4.79 Å². The van der Waals surface area contributed by atoms with Gasteiger partial charge in [-0.15, -0.1) is 10.2 Å². The molecule has 3 aromatic rings. The van der Waals surface area contributed by atoms with Gasteiger partial charge in [0.05, 0.1) is 12.2 Å². The summed E-state index contributed by atoms with van der Waals surface area (Å²) in [6, 6.07) is 12.3. The van der Waals surface area contributed by atoms with Crippen LogP contribution in [0.1, 0.15) is 43.4 Å². The number of fused-ring (bicyclic) bond motifs is 1. The summed E-state index contributed by atoms with van der Waals surface area (Å²) in [5.41, 5.74) is 3.77. The van der Waals surface area contributed by atoms with Crippen LogP contribution in [0.2, 0.25) is 0 Å². The van der Waals surface area contributed by atoms with Crippen LogP contribution < -0.4 is 20.3 Å². The monoisotopic (exact) mass is 535 g/mol. The predicted octanol–water partition coefficient (Wildman–Crippen LogP) is 3.52. The standard InChI is InChI=1S/C28H35N5O3.CH2O2/c1-4-20-16-23-22(13-15-35-23)25(36-18-19-10-7-6-8-11-19)24(20)27-31-30-26(28(34)32(27)3)29-21-12-9-14-33(5-2)17-21;2-1-3/h6-8,10-11,16,21H,4-5,9,12-15,17-18H2,1-3H3,(H,29,30);1H,(H,2,3)/t21-;/m1./s1. The second-order valence-electron chi connectivity index (χ2n) is 9.66. The van der Waals surface area contributed by atoms with Crippen molar-refractivity contribution in [1.29, 1.82) is 0 Å². The molecular formula is C29H37N5O5. The molecule has 10 nitrogen and oxygen atoms in total. The Morgan fingerprint density at radius 1 is 1.23 bits per heavy atom. The Bertz CT molecular complexity index is 1330. The lowest BCUT2D eigenvalue weighted by Gasteiger charge is -2.32. The molecule has 0 spiro atoms. The van der Waals surface area contributed by atoms with Crippen LogP contribution in [0.15, 0.2) is 41.2 Å². The summed E-state index contributed by atoms with van der Waals surface area (Å²) in [7, 11) is 1.76. The van der Waals surface area contributed by atoms with Gasteiger partial charge in [0, 0.05) is 31.6 Å². The van der Waals surface area contributed by atoms with Gasteiger partial charge in [0.25, 0.3) is 12.0 Å². The molecule has 208 valence electrons. The van der Waals surface area contributed by atoms with Crippen molar-refractivity contribution >= 4 is 12.3 Å². The predicted molar refractivity (Wildman–Crippen MR) is 150 cm³/mol. The SMILES string of the molecule is CCc1cc2c(c(OCc3ccccc3)c1-c1nnc(N[C@@H]3CCCN(CC)C3)c(=O)n1C)CCO2.O=CO. The first-order chi connectivity index (χ1) is 19.0. The Morgan fingerprint density at radius 3 is 2.72 bits per heavy atom. The molecule has 10 heteroatoms. The van der Waals surface area contributed by atoms with Crippen molar-refractivity contribution in [3.05, 3.63) is 63.4 Å². The number of nitrogens with zero attached hydrogens (tertiary/aromatic N) is 4. The van der Waals surface area contributed by atoms with Crippen LogP contribution in [0, 0.1) is 0 Å². The Hall–Kier alpha value is -3.92. The van der Waals surface area contributed by atoms with Gasteiger partial charge in [0.15, 0.2) is 5.82 Å². The molecule has 1 saturated heterocycles. The smallest absolute Gasteiger partial charge is 0.296 e. The number of ether oxygens (including phenoxy) is 2. The van der Waals surface area contributed by atoms with E-state index in [2.05, 4.69) is 40.3 Å². The van der Waals surface area contributed by atoms with E-state index in [-0.39, 0.29) is 18.1 Å². The number of hydrogen-bond donors (Lipinski definition) is 2. The fourth-order valence-electron chi connectivity index (χ4n) is 5.19. The largest absolute Gasteiger partial charge is 0.493 e. The van der Waals surface area contributed by atoms with Crippen LogP contribution in [0.5, 0.6) is 11.5 Å². The van der Waals surface area contributed by atoms with Crippen molar-refractivity contribution < 1.29 is 19.4 Å². The fourth-order valence-corrected chi connectivity index (χ4v) is 5.19. The lowest BCUT2D eigenvalue weighted by molar-refractivity contribution is -0.122. The van der Waals surface area contributed by atoms with Gasteiger partial charge in [-0.25, -0.2) is 0 Å². The zero-order valence-electron chi connectivity index (χ0n) is 22.9. The fraction of sp³-hybridized carbons (Fsp3) is 0.448. The molecule has 1 aromatic heterocycles. The number of aryl methyl sites for hydroxylation is 1. The van der Waals surface area contributed by atoms with E-state index in [1.807, 2.05) is 30.3 Å². The molecule has 2 N–H and O–H groups in total. The first kappa shape index (κ1) is 28.1. The minimum absolute atomic E-state index is 0.179. The van der Waals surface area contributed by atoms with Crippen LogP contribution >= 0.6 is 0 Å². The van der Waals surface area contributed by atoms with Crippen LogP contribution in [-0.2, 0) is 31.3 Å². The van der Waals surface area contributed by atoms with Crippen molar-refractivity contribution in [2.75, 3.05) is 31.6 Å². The van der Waals surface area contributed by atoms with Crippen LogP contribution in [0.3, 0.4) is 0 Å². The average Bonchev–Trinajstić information content (AvgIpc) is 3.44. The number of piperidine rings is 1. The van der Waals surface area contributed by atoms with Crippen molar-refractivity contribution in [3.63, 3.8) is 0 Å². The first-order valence-corrected chi connectivity index (χ1v) is 13.5. The molecule has 5 rings (SSSR count). The average molecular weight is 536 g/mol.